The van der Waals surface area contributed by atoms with E-state index in [1.807, 2.05) is 19.1 Å². The average Bonchev–Trinajstić information content (AvgIpc) is 2.84. The molecule has 0 saturated heterocycles. The Morgan fingerprint density at radius 1 is 1.46 bits per heavy atom. The van der Waals surface area contributed by atoms with Crippen molar-refractivity contribution in [3.8, 4) is 0 Å². The van der Waals surface area contributed by atoms with Crippen LogP contribution in [0.25, 0.3) is 0 Å². The second-order valence-electron chi connectivity index (χ2n) is 3.89. The molecule has 3 atom stereocenters. The second kappa shape index (κ2) is 3.11. The van der Waals surface area contributed by atoms with E-state index in [9.17, 15) is 4.39 Å². The van der Waals surface area contributed by atoms with E-state index in [1.165, 1.54) is 6.07 Å². The molecule has 0 amide bonds. The zero-order valence-electron chi connectivity index (χ0n) is 7.70. The Morgan fingerprint density at radius 3 is 2.69 bits per heavy atom. The molecule has 1 nitrogen and oxygen atoms in total. The molecule has 2 rings (SSSR count). The summed E-state index contributed by atoms with van der Waals surface area (Å²) in [5.41, 5.74) is 6.59. The zero-order valence-corrected chi connectivity index (χ0v) is 7.70. The van der Waals surface area contributed by atoms with E-state index < -0.39 is 0 Å². The summed E-state index contributed by atoms with van der Waals surface area (Å²) in [4.78, 5) is 0. The number of hydrogen-bond acceptors (Lipinski definition) is 1. The minimum Gasteiger partial charge on any atom is -0.328 e. The molecule has 0 unspecified atom stereocenters. The molecule has 1 aliphatic carbocycles. The van der Waals surface area contributed by atoms with Gasteiger partial charge in [-0.2, -0.15) is 0 Å². The minimum absolute atomic E-state index is 0.0874. The van der Waals surface area contributed by atoms with E-state index in [2.05, 4.69) is 0 Å². The minimum atomic E-state index is -0.0874. The highest BCUT2D eigenvalue weighted by Gasteiger charge is 2.41. The van der Waals surface area contributed by atoms with Crippen molar-refractivity contribution in [1.29, 1.82) is 0 Å². The molecule has 0 heterocycles. The second-order valence-corrected chi connectivity index (χ2v) is 3.89. The maximum absolute atomic E-state index is 13.3. The predicted molar refractivity (Wildman–Crippen MR) is 50.9 cm³/mol. The molecule has 0 aromatic heterocycles. The van der Waals surface area contributed by atoms with Crippen LogP contribution < -0.4 is 5.73 Å². The highest BCUT2D eigenvalue weighted by atomic mass is 19.1. The molecule has 1 aromatic carbocycles. The van der Waals surface area contributed by atoms with Crippen molar-refractivity contribution in [2.75, 3.05) is 0 Å². The van der Waals surface area contributed by atoms with Crippen LogP contribution >= 0.6 is 0 Å². The third-order valence-corrected chi connectivity index (χ3v) is 2.82. The molecular weight excluding hydrogens is 165 g/mol. The summed E-state index contributed by atoms with van der Waals surface area (Å²) in [6, 6.07) is 7.18. The first-order valence-corrected chi connectivity index (χ1v) is 4.70. The van der Waals surface area contributed by atoms with Gasteiger partial charge in [-0.05, 0) is 36.8 Å². The van der Waals surface area contributed by atoms with Gasteiger partial charge in [-0.3, -0.25) is 0 Å². The largest absolute Gasteiger partial charge is 0.328 e. The summed E-state index contributed by atoms with van der Waals surface area (Å²) in [5, 5.41) is 0. The summed E-state index contributed by atoms with van der Waals surface area (Å²) in [6.45, 7) is 1.99. The number of rotatable bonds is 2. The van der Waals surface area contributed by atoms with Crippen LogP contribution in [0.5, 0.6) is 0 Å². The van der Waals surface area contributed by atoms with Crippen molar-refractivity contribution < 1.29 is 4.39 Å². The lowest BCUT2D eigenvalue weighted by Crippen LogP contribution is -2.18. The van der Waals surface area contributed by atoms with Crippen LogP contribution in [0.3, 0.4) is 0 Å². The number of nitrogens with two attached hydrogens (primary N) is 1. The molecule has 1 saturated carbocycles. The fraction of sp³-hybridized carbons (Fsp3) is 0.455. The van der Waals surface area contributed by atoms with Crippen LogP contribution in [-0.4, -0.2) is 6.04 Å². The van der Waals surface area contributed by atoms with E-state index in [0.717, 1.165) is 12.0 Å². The van der Waals surface area contributed by atoms with Crippen molar-refractivity contribution in [3.05, 3.63) is 35.6 Å². The summed E-state index contributed by atoms with van der Waals surface area (Å²) >= 11 is 0. The molecule has 13 heavy (non-hydrogen) atoms. The molecule has 0 radical (unpaired) electrons. The number of hydrogen-bond donors (Lipinski definition) is 1. The van der Waals surface area contributed by atoms with Gasteiger partial charge < -0.3 is 5.73 Å². The van der Waals surface area contributed by atoms with Gasteiger partial charge in [0.2, 0.25) is 0 Å². The molecule has 1 aliphatic rings. The van der Waals surface area contributed by atoms with Crippen LogP contribution in [0, 0.1) is 11.7 Å². The predicted octanol–water partition coefficient (Wildman–Crippen LogP) is 2.28. The molecule has 1 aromatic rings. The van der Waals surface area contributed by atoms with Gasteiger partial charge in [-0.25, -0.2) is 4.39 Å². The Morgan fingerprint density at radius 2 is 2.15 bits per heavy atom. The summed E-state index contributed by atoms with van der Waals surface area (Å²) in [5.74, 6) is 0.758. The summed E-state index contributed by atoms with van der Waals surface area (Å²) in [6.07, 6.45) is 1.04. The zero-order chi connectivity index (χ0) is 9.42. The highest BCUT2D eigenvalue weighted by molar-refractivity contribution is 5.28. The van der Waals surface area contributed by atoms with Crippen molar-refractivity contribution in [2.24, 2.45) is 11.7 Å². The molecule has 2 N–H and O–H groups in total. The van der Waals surface area contributed by atoms with Gasteiger partial charge in [-0.1, -0.05) is 18.2 Å². The third kappa shape index (κ3) is 1.59. The summed E-state index contributed by atoms with van der Waals surface area (Å²) < 4.78 is 13.3. The molecule has 70 valence electrons. The Hall–Kier alpha value is -0.890. The van der Waals surface area contributed by atoms with Crippen molar-refractivity contribution in [3.63, 3.8) is 0 Å². The lowest BCUT2D eigenvalue weighted by atomic mass is 10.1. The van der Waals surface area contributed by atoms with E-state index in [1.54, 1.807) is 6.07 Å². The van der Waals surface area contributed by atoms with E-state index >= 15 is 0 Å². The number of halogens is 1. The Balaban J connectivity index is 2.16. The third-order valence-electron chi connectivity index (χ3n) is 2.82. The van der Waals surface area contributed by atoms with Crippen LogP contribution in [0.2, 0.25) is 0 Å². The SMILES string of the molecule is C[C@@H](N)[C@@H]1C[C@@H]1c1ccccc1F. The van der Waals surface area contributed by atoms with Gasteiger partial charge in [0.25, 0.3) is 0 Å². The first-order chi connectivity index (χ1) is 6.20. The molecule has 2 heteroatoms. The van der Waals surface area contributed by atoms with Crippen LogP contribution in [0.4, 0.5) is 4.39 Å². The van der Waals surface area contributed by atoms with Gasteiger partial charge in [0.1, 0.15) is 5.82 Å². The lowest BCUT2D eigenvalue weighted by Gasteiger charge is -2.04. The normalized spacial score (nSPS) is 28.5. The Labute approximate surface area is 77.8 Å². The highest BCUT2D eigenvalue weighted by Crippen LogP contribution is 2.49. The first-order valence-electron chi connectivity index (χ1n) is 4.70. The van der Waals surface area contributed by atoms with Crippen molar-refractivity contribution >= 4 is 0 Å². The molecule has 1 fully saturated rings. The fourth-order valence-corrected chi connectivity index (χ4v) is 1.93. The maximum atomic E-state index is 13.3. The first kappa shape index (κ1) is 8.70. The van der Waals surface area contributed by atoms with Crippen LogP contribution in [0.1, 0.15) is 24.8 Å². The lowest BCUT2D eigenvalue weighted by molar-refractivity contribution is 0.589. The Bertz CT molecular complexity index is 309. The van der Waals surface area contributed by atoms with E-state index in [4.69, 9.17) is 5.73 Å². The van der Waals surface area contributed by atoms with Crippen molar-refractivity contribution in [1.82, 2.24) is 0 Å². The van der Waals surface area contributed by atoms with Crippen molar-refractivity contribution in [2.45, 2.75) is 25.3 Å². The van der Waals surface area contributed by atoms with Gasteiger partial charge in [0.15, 0.2) is 0 Å². The fourth-order valence-electron chi connectivity index (χ4n) is 1.93. The number of benzene rings is 1. The van der Waals surface area contributed by atoms with Crippen LogP contribution in [-0.2, 0) is 0 Å². The molecular formula is C11H14FN. The Kier molecular flexibility index (Phi) is 2.08. The van der Waals surface area contributed by atoms with Gasteiger partial charge in [0.05, 0.1) is 0 Å². The van der Waals surface area contributed by atoms with Crippen LogP contribution in [0.15, 0.2) is 24.3 Å². The smallest absolute Gasteiger partial charge is 0.126 e. The van der Waals surface area contributed by atoms with Gasteiger partial charge in [0, 0.05) is 6.04 Å². The quantitative estimate of drug-likeness (QED) is 0.740. The van der Waals surface area contributed by atoms with Gasteiger partial charge in [-0.15, -0.1) is 0 Å². The van der Waals surface area contributed by atoms with E-state index in [0.29, 0.717) is 11.8 Å². The summed E-state index contributed by atoms with van der Waals surface area (Å²) in [7, 11) is 0. The molecule has 0 aliphatic heterocycles. The van der Waals surface area contributed by atoms with E-state index in [-0.39, 0.29) is 11.9 Å². The maximum Gasteiger partial charge on any atom is 0.126 e. The van der Waals surface area contributed by atoms with Gasteiger partial charge >= 0.3 is 0 Å². The standard InChI is InChI=1S/C11H14FN/c1-7(13)9-6-10(9)8-4-2-3-5-11(8)12/h2-5,7,9-10H,6,13H2,1H3/t7-,9+,10-/m1/s1. The monoisotopic (exact) mass is 179 g/mol. The molecule has 0 spiro atoms. The average molecular weight is 179 g/mol. The molecule has 0 bridgehead atoms. The topological polar surface area (TPSA) is 26.0 Å².